The van der Waals surface area contributed by atoms with Crippen molar-refractivity contribution in [3.8, 4) is 0 Å². The standard InChI is InChI=1S/C27H32F2N4O3/c1-19(2)27(35)32(12-11-31-13-15-36-16-14-31)18-26(34)33-25(22-5-3-4-6-23(22)29)17-24(30-33)20-7-9-21(28)10-8-20/h3-10,19,25H,11-18H2,1-2H3/t25-/m1/s1. The van der Waals surface area contributed by atoms with E-state index in [1.807, 2.05) is 0 Å². The molecule has 4 rings (SSSR count). The topological polar surface area (TPSA) is 65.5 Å². The Bertz CT molecular complexity index is 1100. The lowest BCUT2D eigenvalue weighted by Gasteiger charge is -2.31. The Morgan fingerprint density at radius 2 is 1.78 bits per heavy atom. The summed E-state index contributed by atoms with van der Waals surface area (Å²) in [6.07, 6.45) is 0.282. The molecule has 192 valence electrons. The summed E-state index contributed by atoms with van der Waals surface area (Å²) in [5.41, 5.74) is 1.57. The summed E-state index contributed by atoms with van der Waals surface area (Å²) in [5.74, 6) is -1.60. The molecule has 7 nitrogen and oxygen atoms in total. The number of carbonyl (C=O) groups is 2. The Balaban J connectivity index is 1.57. The molecular formula is C27H32F2N4O3. The third-order valence-electron chi connectivity index (χ3n) is 6.53. The van der Waals surface area contributed by atoms with Crippen LogP contribution in [0, 0.1) is 17.6 Å². The van der Waals surface area contributed by atoms with E-state index in [4.69, 9.17) is 4.74 Å². The first-order valence-corrected chi connectivity index (χ1v) is 12.3. The molecule has 1 fully saturated rings. The van der Waals surface area contributed by atoms with Gasteiger partial charge >= 0.3 is 0 Å². The second-order valence-corrected chi connectivity index (χ2v) is 9.40. The highest BCUT2D eigenvalue weighted by Gasteiger charge is 2.36. The number of carbonyl (C=O) groups excluding carboxylic acids is 2. The van der Waals surface area contributed by atoms with Crippen LogP contribution >= 0.6 is 0 Å². The van der Waals surface area contributed by atoms with Gasteiger partial charge in [0, 0.05) is 44.1 Å². The van der Waals surface area contributed by atoms with E-state index in [0.29, 0.717) is 43.1 Å². The number of morpholine rings is 1. The predicted molar refractivity (Wildman–Crippen MR) is 132 cm³/mol. The number of hydrogen-bond donors (Lipinski definition) is 0. The third-order valence-corrected chi connectivity index (χ3v) is 6.53. The average Bonchev–Trinajstić information content (AvgIpc) is 3.32. The lowest BCUT2D eigenvalue weighted by molar-refractivity contribution is -0.143. The van der Waals surface area contributed by atoms with Crippen LogP contribution in [-0.4, -0.2) is 78.3 Å². The molecule has 0 N–H and O–H groups in total. The largest absolute Gasteiger partial charge is 0.379 e. The Kier molecular flexibility index (Phi) is 8.43. The summed E-state index contributed by atoms with van der Waals surface area (Å²) in [5, 5.41) is 5.82. The van der Waals surface area contributed by atoms with Crippen molar-refractivity contribution in [3.63, 3.8) is 0 Å². The summed E-state index contributed by atoms with van der Waals surface area (Å²) >= 11 is 0. The Morgan fingerprint density at radius 1 is 1.08 bits per heavy atom. The van der Waals surface area contributed by atoms with Crippen LogP contribution in [0.2, 0.25) is 0 Å². The number of rotatable bonds is 8. The molecule has 0 aliphatic carbocycles. The van der Waals surface area contributed by atoms with Gasteiger partial charge in [-0.15, -0.1) is 0 Å². The summed E-state index contributed by atoms with van der Waals surface area (Å²) in [6.45, 7) is 7.34. The van der Waals surface area contributed by atoms with Crippen molar-refractivity contribution < 1.29 is 23.1 Å². The molecule has 0 bridgehead atoms. The SMILES string of the molecule is CC(C)C(=O)N(CCN1CCOCC1)CC(=O)N1N=C(c2ccc(F)cc2)C[C@@H]1c1ccccc1F. The van der Waals surface area contributed by atoms with Crippen LogP contribution in [0.3, 0.4) is 0 Å². The molecule has 2 aromatic rings. The number of amides is 2. The quantitative estimate of drug-likeness (QED) is 0.559. The first kappa shape index (κ1) is 25.9. The fourth-order valence-corrected chi connectivity index (χ4v) is 4.50. The molecule has 2 aliphatic rings. The van der Waals surface area contributed by atoms with E-state index >= 15 is 0 Å². The summed E-state index contributed by atoms with van der Waals surface area (Å²) in [6, 6.07) is 11.5. The van der Waals surface area contributed by atoms with Crippen molar-refractivity contribution in [2.75, 3.05) is 45.9 Å². The van der Waals surface area contributed by atoms with Gasteiger partial charge in [-0.25, -0.2) is 13.8 Å². The Morgan fingerprint density at radius 3 is 2.44 bits per heavy atom. The van der Waals surface area contributed by atoms with E-state index in [0.717, 1.165) is 13.1 Å². The maximum Gasteiger partial charge on any atom is 0.262 e. The molecule has 2 aromatic carbocycles. The first-order valence-electron chi connectivity index (χ1n) is 12.3. The predicted octanol–water partition coefficient (Wildman–Crippen LogP) is 3.46. The second-order valence-electron chi connectivity index (χ2n) is 9.40. The fourth-order valence-electron chi connectivity index (χ4n) is 4.50. The van der Waals surface area contributed by atoms with Crippen molar-refractivity contribution in [2.24, 2.45) is 11.0 Å². The van der Waals surface area contributed by atoms with Gasteiger partial charge in [-0.1, -0.05) is 44.2 Å². The lowest BCUT2D eigenvalue weighted by atomic mass is 9.98. The number of nitrogens with zero attached hydrogens (tertiary/aromatic N) is 4. The summed E-state index contributed by atoms with van der Waals surface area (Å²) in [4.78, 5) is 30.3. The number of ether oxygens (including phenoxy) is 1. The number of halogens is 2. The van der Waals surface area contributed by atoms with Crippen LogP contribution in [0.1, 0.15) is 37.4 Å². The Labute approximate surface area is 210 Å². The minimum absolute atomic E-state index is 0.124. The van der Waals surface area contributed by atoms with E-state index < -0.39 is 17.8 Å². The first-order chi connectivity index (χ1) is 17.3. The van der Waals surface area contributed by atoms with Gasteiger partial charge in [0.25, 0.3) is 5.91 Å². The van der Waals surface area contributed by atoms with Gasteiger partial charge in [0.1, 0.15) is 18.2 Å². The molecule has 1 atom stereocenters. The molecule has 0 spiro atoms. The van der Waals surface area contributed by atoms with Crippen LogP contribution in [0.25, 0.3) is 0 Å². The lowest BCUT2D eigenvalue weighted by Crippen LogP contribution is -2.47. The van der Waals surface area contributed by atoms with E-state index in [1.54, 1.807) is 49.1 Å². The van der Waals surface area contributed by atoms with E-state index in [9.17, 15) is 18.4 Å². The molecule has 1 saturated heterocycles. The molecule has 36 heavy (non-hydrogen) atoms. The number of hydrazone groups is 1. The normalized spacial score (nSPS) is 18.4. The summed E-state index contributed by atoms with van der Waals surface area (Å²) in [7, 11) is 0. The minimum Gasteiger partial charge on any atom is -0.379 e. The molecule has 9 heteroatoms. The molecule has 0 radical (unpaired) electrons. The van der Waals surface area contributed by atoms with Gasteiger partial charge in [0.2, 0.25) is 5.91 Å². The molecule has 0 aromatic heterocycles. The van der Waals surface area contributed by atoms with Gasteiger partial charge in [-0.3, -0.25) is 14.5 Å². The van der Waals surface area contributed by atoms with Crippen LogP contribution in [0.15, 0.2) is 53.6 Å². The van der Waals surface area contributed by atoms with E-state index in [-0.39, 0.29) is 30.6 Å². The minimum atomic E-state index is -0.658. The highest BCUT2D eigenvalue weighted by molar-refractivity contribution is 6.03. The zero-order valence-electron chi connectivity index (χ0n) is 20.7. The molecule has 2 amide bonds. The van der Waals surface area contributed by atoms with Crippen LogP contribution in [0.5, 0.6) is 0 Å². The van der Waals surface area contributed by atoms with Gasteiger partial charge in [0.05, 0.1) is 25.0 Å². The zero-order chi connectivity index (χ0) is 25.7. The second kappa shape index (κ2) is 11.7. The van der Waals surface area contributed by atoms with E-state index in [1.165, 1.54) is 23.2 Å². The van der Waals surface area contributed by atoms with Gasteiger partial charge in [0.15, 0.2) is 0 Å². The van der Waals surface area contributed by atoms with E-state index in [2.05, 4.69) is 10.0 Å². The third kappa shape index (κ3) is 6.14. The molecule has 0 saturated carbocycles. The number of hydrogen-bond acceptors (Lipinski definition) is 5. The van der Waals surface area contributed by atoms with Gasteiger partial charge in [-0.05, 0) is 23.8 Å². The fraction of sp³-hybridized carbons (Fsp3) is 0.444. The Hall–Kier alpha value is -3.17. The highest BCUT2D eigenvalue weighted by atomic mass is 19.1. The van der Waals surface area contributed by atoms with Crippen molar-refractivity contribution in [3.05, 3.63) is 71.3 Å². The average molecular weight is 499 g/mol. The molecular weight excluding hydrogens is 466 g/mol. The van der Waals surface area contributed by atoms with Crippen LogP contribution in [0.4, 0.5) is 8.78 Å². The maximum atomic E-state index is 14.8. The molecule has 0 unspecified atom stereocenters. The summed E-state index contributed by atoms with van der Waals surface area (Å²) < 4.78 is 33.6. The smallest absolute Gasteiger partial charge is 0.262 e. The maximum absolute atomic E-state index is 14.8. The van der Waals surface area contributed by atoms with Gasteiger partial charge in [-0.2, -0.15) is 5.10 Å². The molecule has 2 aliphatic heterocycles. The number of benzene rings is 2. The van der Waals surface area contributed by atoms with Crippen LogP contribution < -0.4 is 0 Å². The van der Waals surface area contributed by atoms with Crippen molar-refractivity contribution in [1.82, 2.24) is 14.8 Å². The van der Waals surface area contributed by atoms with Crippen molar-refractivity contribution in [1.29, 1.82) is 0 Å². The zero-order valence-corrected chi connectivity index (χ0v) is 20.7. The monoisotopic (exact) mass is 498 g/mol. The van der Waals surface area contributed by atoms with Crippen LogP contribution in [-0.2, 0) is 14.3 Å². The van der Waals surface area contributed by atoms with Gasteiger partial charge < -0.3 is 9.64 Å². The van der Waals surface area contributed by atoms with Crippen molar-refractivity contribution in [2.45, 2.75) is 26.3 Å². The highest BCUT2D eigenvalue weighted by Crippen LogP contribution is 2.34. The molecule has 2 heterocycles. The van der Waals surface area contributed by atoms with Crippen molar-refractivity contribution >= 4 is 17.5 Å².